The molecule has 0 saturated carbocycles. The number of nitrogens with zero attached hydrogens (tertiary/aromatic N) is 2. The third-order valence-electron chi connectivity index (χ3n) is 2.21. The van der Waals surface area contributed by atoms with Crippen LogP contribution >= 0.6 is 0 Å². The van der Waals surface area contributed by atoms with E-state index in [1.807, 2.05) is 13.8 Å². The van der Waals surface area contributed by atoms with Gasteiger partial charge in [-0.1, -0.05) is 13.8 Å². The third-order valence-corrected chi connectivity index (χ3v) is 2.21. The summed E-state index contributed by atoms with van der Waals surface area (Å²) in [6.45, 7) is 3.86. The van der Waals surface area contributed by atoms with Crippen LogP contribution in [0.15, 0.2) is 18.5 Å². The Hall–Kier alpha value is -1.85. The summed E-state index contributed by atoms with van der Waals surface area (Å²) >= 11 is 0. The van der Waals surface area contributed by atoms with Gasteiger partial charge in [-0.05, 0) is 18.4 Å². The van der Waals surface area contributed by atoms with Crippen LogP contribution in [0.3, 0.4) is 0 Å². The summed E-state index contributed by atoms with van der Waals surface area (Å²) in [7, 11) is 0. The van der Waals surface area contributed by atoms with E-state index in [9.17, 15) is 9.59 Å². The van der Waals surface area contributed by atoms with Crippen molar-refractivity contribution < 1.29 is 14.7 Å². The molecule has 1 rings (SSSR count). The van der Waals surface area contributed by atoms with Gasteiger partial charge in [-0.2, -0.15) is 5.10 Å². The van der Waals surface area contributed by atoms with Gasteiger partial charge >= 0.3 is 5.97 Å². The Morgan fingerprint density at radius 2 is 2.18 bits per heavy atom. The molecule has 17 heavy (non-hydrogen) atoms. The highest BCUT2D eigenvalue weighted by molar-refractivity contribution is 5.83. The molecule has 1 aromatic heterocycles. The maximum absolute atomic E-state index is 11.6. The van der Waals surface area contributed by atoms with Gasteiger partial charge in [0.15, 0.2) is 0 Å². The van der Waals surface area contributed by atoms with Crippen LogP contribution < -0.4 is 5.32 Å². The topological polar surface area (TPSA) is 84.2 Å². The normalized spacial score (nSPS) is 12.4. The van der Waals surface area contributed by atoms with Crippen molar-refractivity contribution in [3.8, 4) is 0 Å². The second-order valence-electron chi connectivity index (χ2n) is 4.29. The van der Waals surface area contributed by atoms with Crippen molar-refractivity contribution in [1.82, 2.24) is 15.1 Å². The highest BCUT2D eigenvalue weighted by Crippen LogP contribution is 2.04. The molecule has 1 atom stereocenters. The molecule has 0 fully saturated rings. The van der Waals surface area contributed by atoms with Crippen LogP contribution in [0, 0.1) is 5.92 Å². The lowest BCUT2D eigenvalue weighted by Gasteiger charge is -2.16. The van der Waals surface area contributed by atoms with Crippen LogP contribution in [0.1, 0.15) is 20.3 Å². The molecule has 0 bridgehead atoms. The summed E-state index contributed by atoms with van der Waals surface area (Å²) in [5.74, 6) is -1.14. The average molecular weight is 239 g/mol. The van der Waals surface area contributed by atoms with Gasteiger partial charge in [0.2, 0.25) is 5.91 Å². The Bertz CT molecular complexity index is 373. The number of hydrogen-bond acceptors (Lipinski definition) is 3. The zero-order chi connectivity index (χ0) is 12.8. The summed E-state index contributed by atoms with van der Waals surface area (Å²) in [6.07, 6.45) is 3.63. The van der Waals surface area contributed by atoms with Gasteiger partial charge in [0.05, 0.1) is 0 Å². The second kappa shape index (κ2) is 6.03. The van der Waals surface area contributed by atoms with Gasteiger partial charge in [-0.15, -0.1) is 0 Å². The van der Waals surface area contributed by atoms with Gasteiger partial charge in [0.1, 0.15) is 12.6 Å². The molecular formula is C11H17N3O3. The lowest BCUT2D eigenvalue weighted by Crippen LogP contribution is -2.43. The Morgan fingerprint density at radius 1 is 1.47 bits per heavy atom. The van der Waals surface area contributed by atoms with Crippen LogP contribution in [0.5, 0.6) is 0 Å². The van der Waals surface area contributed by atoms with E-state index in [2.05, 4.69) is 10.4 Å². The van der Waals surface area contributed by atoms with Crippen molar-refractivity contribution in [2.45, 2.75) is 32.9 Å². The maximum atomic E-state index is 11.6. The van der Waals surface area contributed by atoms with Crippen molar-refractivity contribution in [2.24, 2.45) is 5.92 Å². The minimum absolute atomic E-state index is 0.0366. The minimum Gasteiger partial charge on any atom is -0.480 e. The molecule has 0 aliphatic carbocycles. The summed E-state index contributed by atoms with van der Waals surface area (Å²) < 4.78 is 1.45. The number of aromatic nitrogens is 2. The van der Waals surface area contributed by atoms with Crippen molar-refractivity contribution in [1.29, 1.82) is 0 Å². The van der Waals surface area contributed by atoms with Gasteiger partial charge in [-0.3, -0.25) is 9.48 Å². The molecule has 1 aromatic rings. The second-order valence-corrected chi connectivity index (χ2v) is 4.29. The summed E-state index contributed by atoms with van der Waals surface area (Å²) in [6, 6.07) is 0.869. The summed E-state index contributed by atoms with van der Waals surface area (Å²) in [5.41, 5.74) is 0. The molecule has 0 aliphatic rings. The lowest BCUT2D eigenvalue weighted by atomic mass is 10.0. The highest BCUT2D eigenvalue weighted by Gasteiger charge is 2.20. The molecular weight excluding hydrogens is 222 g/mol. The maximum Gasteiger partial charge on any atom is 0.326 e. The smallest absolute Gasteiger partial charge is 0.326 e. The van der Waals surface area contributed by atoms with Gasteiger partial charge < -0.3 is 10.4 Å². The van der Waals surface area contributed by atoms with Crippen LogP contribution in [-0.4, -0.2) is 32.8 Å². The average Bonchev–Trinajstić information content (AvgIpc) is 2.68. The molecule has 0 spiro atoms. The number of nitrogens with one attached hydrogen (secondary N) is 1. The fourth-order valence-corrected chi connectivity index (χ4v) is 1.47. The fraction of sp³-hybridized carbons (Fsp3) is 0.545. The molecule has 6 nitrogen and oxygen atoms in total. The number of carboxylic acids is 1. The first kappa shape index (κ1) is 13.2. The molecule has 1 amide bonds. The van der Waals surface area contributed by atoms with E-state index in [0.29, 0.717) is 6.42 Å². The Morgan fingerprint density at radius 3 is 2.65 bits per heavy atom. The summed E-state index contributed by atoms with van der Waals surface area (Å²) in [4.78, 5) is 22.5. The Labute approximate surface area is 99.6 Å². The number of amides is 1. The first-order chi connectivity index (χ1) is 7.99. The molecule has 0 unspecified atom stereocenters. The molecule has 0 aromatic carbocycles. The Balaban J connectivity index is 2.49. The van der Waals surface area contributed by atoms with E-state index in [0.717, 1.165) is 0 Å². The van der Waals surface area contributed by atoms with Crippen LogP contribution in [-0.2, 0) is 16.1 Å². The molecule has 6 heteroatoms. The fourth-order valence-electron chi connectivity index (χ4n) is 1.47. The van der Waals surface area contributed by atoms with E-state index in [1.165, 1.54) is 4.68 Å². The van der Waals surface area contributed by atoms with Crippen molar-refractivity contribution in [2.75, 3.05) is 0 Å². The zero-order valence-electron chi connectivity index (χ0n) is 9.96. The Kier molecular flexibility index (Phi) is 4.68. The highest BCUT2D eigenvalue weighted by atomic mass is 16.4. The van der Waals surface area contributed by atoms with E-state index in [-0.39, 0.29) is 18.4 Å². The number of carboxylic acid groups (broad SMARTS) is 1. The predicted molar refractivity (Wildman–Crippen MR) is 61.2 cm³/mol. The standard InChI is InChI=1S/C11H17N3O3/c1-8(2)6-9(11(16)17)13-10(15)7-14-5-3-4-12-14/h3-5,8-9H,6-7H2,1-2H3,(H,13,15)(H,16,17)/t9-/m0/s1. The predicted octanol–water partition coefficient (Wildman–Crippen LogP) is 0.499. The van der Waals surface area contributed by atoms with Crippen LogP contribution in [0.2, 0.25) is 0 Å². The van der Waals surface area contributed by atoms with E-state index in [4.69, 9.17) is 5.11 Å². The van der Waals surface area contributed by atoms with Gasteiger partial charge in [0.25, 0.3) is 0 Å². The number of rotatable bonds is 6. The first-order valence-corrected chi connectivity index (χ1v) is 5.48. The minimum atomic E-state index is -1.01. The molecule has 0 radical (unpaired) electrons. The van der Waals surface area contributed by atoms with E-state index in [1.54, 1.807) is 18.5 Å². The molecule has 0 aliphatic heterocycles. The SMILES string of the molecule is CC(C)C[C@H](NC(=O)Cn1cccn1)C(=O)O. The number of carbonyl (C=O) groups excluding carboxylic acids is 1. The van der Waals surface area contributed by atoms with Gasteiger partial charge in [-0.25, -0.2) is 4.79 Å². The lowest BCUT2D eigenvalue weighted by molar-refractivity contribution is -0.142. The quantitative estimate of drug-likeness (QED) is 0.757. The van der Waals surface area contributed by atoms with Crippen LogP contribution in [0.4, 0.5) is 0 Å². The molecule has 0 saturated heterocycles. The largest absolute Gasteiger partial charge is 0.480 e. The number of aliphatic carboxylic acids is 1. The first-order valence-electron chi connectivity index (χ1n) is 5.48. The number of carbonyl (C=O) groups is 2. The molecule has 2 N–H and O–H groups in total. The molecule has 94 valence electrons. The van der Waals surface area contributed by atoms with E-state index >= 15 is 0 Å². The monoisotopic (exact) mass is 239 g/mol. The van der Waals surface area contributed by atoms with Gasteiger partial charge in [0, 0.05) is 12.4 Å². The summed E-state index contributed by atoms with van der Waals surface area (Å²) in [5, 5.41) is 15.3. The third kappa shape index (κ3) is 4.67. The zero-order valence-corrected chi connectivity index (χ0v) is 9.96. The van der Waals surface area contributed by atoms with E-state index < -0.39 is 12.0 Å². The van der Waals surface area contributed by atoms with Crippen molar-refractivity contribution in [3.63, 3.8) is 0 Å². The van der Waals surface area contributed by atoms with Crippen molar-refractivity contribution >= 4 is 11.9 Å². The van der Waals surface area contributed by atoms with Crippen molar-refractivity contribution in [3.05, 3.63) is 18.5 Å². The number of hydrogen-bond donors (Lipinski definition) is 2. The van der Waals surface area contributed by atoms with Crippen LogP contribution in [0.25, 0.3) is 0 Å². The molecule has 1 heterocycles.